The predicted molar refractivity (Wildman–Crippen MR) is 57.4 cm³/mol. The molecule has 0 aromatic heterocycles. The molecule has 0 saturated carbocycles. The molecule has 0 fully saturated rings. The van der Waals surface area contributed by atoms with E-state index in [-0.39, 0.29) is 12.1 Å². The molecule has 0 heterocycles. The number of carbonyl (C=O) groups excluding carboxylic acids is 1. The lowest BCUT2D eigenvalue weighted by Gasteiger charge is -2.17. The zero-order valence-corrected chi connectivity index (χ0v) is 9.43. The summed E-state index contributed by atoms with van der Waals surface area (Å²) in [6, 6.07) is 0.0317. The van der Waals surface area contributed by atoms with Crippen molar-refractivity contribution in [1.82, 2.24) is 10.6 Å². The van der Waals surface area contributed by atoms with E-state index in [1.54, 1.807) is 7.11 Å². The predicted octanol–water partition coefficient (Wildman–Crippen LogP) is 1.51. The Hall–Kier alpha value is -0.770. The van der Waals surface area contributed by atoms with Crippen LogP contribution in [0.1, 0.15) is 33.1 Å². The van der Waals surface area contributed by atoms with Gasteiger partial charge >= 0.3 is 6.03 Å². The molecule has 84 valence electrons. The van der Waals surface area contributed by atoms with Gasteiger partial charge in [0.1, 0.15) is 0 Å². The maximum Gasteiger partial charge on any atom is 0.315 e. The number of nitrogens with one attached hydrogen (secondary N) is 2. The second-order valence-electron chi connectivity index (χ2n) is 3.34. The molecule has 0 bridgehead atoms. The molecule has 2 N–H and O–H groups in total. The van der Waals surface area contributed by atoms with Crippen molar-refractivity contribution in [2.75, 3.05) is 20.3 Å². The summed E-state index contributed by atoms with van der Waals surface area (Å²) in [5.74, 6) is 0. The van der Waals surface area contributed by atoms with Gasteiger partial charge in [0.05, 0.1) is 12.6 Å². The topological polar surface area (TPSA) is 50.4 Å². The van der Waals surface area contributed by atoms with Crippen LogP contribution in [-0.4, -0.2) is 32.3 Å². The summed E-state index contributed by atoms with van der Waals surface area (Å²) < 4.78 is 5.02. The molecule has 14 heavy (non-hydrogen) atoms. The minimum atomic E-state index is -0.0950. The van der Waals surface area contributed by atoms with Crippen molar-refractivity contribution in [2.45, 2.75) is 39.2 Å². The van der Waals surface area contributed by atoms with E-state index in [1.807, 2.05) is 6.92 Å². The van der Waals surface area contributed by atoms with Gasteiger partial charge < -0.3 is 15.4 Å². The molecule has 1 atom stereocenters. The average molecular weight is 202 g/mol. The van der Waals surface area contributed by atoms with E-state index >= 15 is 0 Å². The largest absolute Gasteiger partial charge is 0.383 e. The molecule has 0 rings (SSSR count). The standard InChI is InChI=1S/C10H22N2O2/c1-4-6-9(8-14-3)12-10(13)11-7-5-2/h9H,4-8H2,1-3H3,(H2,11,12,13). The number of hydrogen-bond donors (Lipinski definition) is 2. The maximum atomic E-state index is 11.3. The summed E-state index contributed by atoms with van der Waals surface area (Å²) in [5, 5.41) is 5.65. The van der Waals surface area contributed by atoms with Gasteiger partial charge in [0.2, 0.25) is 0 Å². The van der Waals surface area contributed by atoms with Crippen molar-refractivity contribution in [3.8, 4) is 0 Å². The van der Waals surface area contributed by atoms with Gasteiger partial charge in [-0.2, -0.15) is 0 Å². The van der Waals surface area contributed by atoms with Gasteiger partial charge in [-0.15, -0.1) is 0 Å². The lowest BCUT2D eigenvalue weighted by atomic mass is 10.2. The summed E-state index contributed by atoms with van der Waals surface area (Å²) in [5.41, 5.74) is 0. The molecule has 0 radical (unpaired) electrons. The molecule has 0 aliphatic heterocycles. The Bertz CT molecular complexity index is 145. The van der Waals surface area contributed by atoms with Gasteiger partial charge in [-0.25, -0.2) is 4.79 Å². The quantitative estimate of drug-likeness (QED) is 0.657. The molecule has 1 unspecified atom stereocenters. The molecular weight excluding hydrogens is 180 g/mol. The van der Waals surface area contributed by atoms with E-state index in [9.17, 15) is 4.79 Å². The van der Waals surface area contributed by atoms with Gasteiger partial charge in [-0.1, -0.05) is 20.3 Å². The van der Waals surface area contributed by atoms with Crippen LogP contribution in [0.15, 0.2) is 0 Å². The van der Waals surface area contributed by atoms with Crippen LogP contribution in [0.4, 0.5) is 4.79 Å². The normalized spacial score (nSPS) is 12.2. The van der Waals surface area contributed by atoms with E-state index in [0.29, 0.717) is 6.61 Å². The number of rotatable bonds is 7. The monoisotopic (exact) mass is 202 g/mol. The van der Waals surface area contributed by atoms with E-state index in [1.165, 1.54) is 0 Å². The minimum absolute atomic E-state index is 0.0950. The van der Waals surface area contributed by atoms with Crippen molar-refractivity contribution in [3.05, 3.63) is 0 Å². The fourth-order valence-corrected chi connectivity index (χ4v) is 1.22. The lowest BCUT2D eigenvalue weighted by Crippen LogP contribution is -2.44. The highest BCUT2D eigenvalue weighted by Gasteiger charge is 2.09. The zero-order chi connectivity index (χ0) is 10.8. The smallest absolute Gasteiger partial charge is 0.315 e. The Morgan fingerprint density at radius 1 is 1.36 bits per heavy atom. The highest BCUT2D eigenvalue weighted by molar-refractivity contribution is 5.74. The number of carbonyl (C=O) groups is 1. The highest BCUT2D eigenvalue weighted by Crippen LogP contribution is 1.96. The van der Waals surface area contributed by atoms with Gasteiger partial charge in [0.25, 0.3) is 0 Å². The summed E-state index contributed by atoms with van der Waals surface area (Å²) in [4.78, 5) is 11.3. The summed E-state index contributed by atoms with van der Waals surface area (Å²) >= 11 is 0. The van der Waals surface area contributed by atoms with Crippen LogP contribution >= 0.6 is 0 Å². The first-order valence-corrected chi connectivity index (χ1v) is 5.27. The zero-order valence-electron chi connectivity index (χ0n) is 9.43. The van der Waals surface area contributed by atoms with Gasteiger partial charge in [0, 0.05) is 13.7 Å². The summed E-state index contributed by atoms with van der Waals surface area (Å²) in [6.07, 6.45) is 2.95. The van der Waals surface area contributed by atoms with E-state index < -0.39 is 0 Å². The first kappa shape index (κ1) is 13.2. The SMILES string of the molecule is CCCNC(=O)NC(CCC)COC. The van der Waals surface area contributed by atoms with Crippen molar-refractivity contribution >= 4 is 6.03 Å². The minimum Gasteiger partial charge on any atom is -0.383 e. The van der Waals surface area contributed by atoms with Gasteiger partial charge in [0.15, 0.2) is 0 Å². The van der Waals surface area contributed by atoms with Crippen LogP contribution in [0.3, 0.4) is 0 Å². The summed E-state index contributed by atoms with van der Waals surface area (Å²) in [6.45, 7) is 5.41. The van der Waals surface area contributed by atoms with E-state index in [4.69, 9.17) is 4.74 Å². The number of urea groups is 1. The number of amides is 2. The first-order chi connectivity index (χ1) is 6.74. The number of ether oxygens (including phenoxy) is 1. The molecular formula is C10H22N2O2. The second-order valence-corrected chi connectivity index (χ2v) is 3.34. The molecule has 0 aliphatic carbocycles. The molecule has 2 amide bonds. The van der Waals surface area contributed by atoms with Crippen LogP contribution in [0.25, 0.3) is 0 Å². The van der Waals surface area contributed by atoms with Crippen LogP contribution in [-0.2, 0) is 4.74 Å². The highest BCUT2D eigenvalue weighted by atomic mass is 16.5. The van der Waals surface area contributed by atoms with Crippen molar-refractivity contribution in [3.63, 3.8) is 0 Å². The van der Waals surface area contributed by atoms with E-state index in [0.717, 1.165) is 25.8 Å². The fraction of sp³-hybridized carbons (Fsp3) is 0.900. The number of methoxy groups -OCH3 is 1. The molecule has 0 aromatic rings. The Labute approximate surface area is 86.4 Å². The van der Waals surface area contributed by atoms with Crippen LogP contribution < -0.4 is 10.6 Å². The average Bonchev–Trinajstić information content (AvgIpc) is 2.15. The lowest BCUT2D eigenvalue weighted by molar-refractivity contribution is 0.161. The Kier molecular flexibility index (Phi) is 8.33. The third-order valence-corrected chi connectivity index (χ3v) is 1.88. The molecule has 4 heteroatoms. The van der Waals surface area contributed by atoms with Crippen molar-refractivity contribution in [1.29, 1.82) is 0 Å². The van der Waals surface area contributed by atoms with E-state index in [2.05, 4.69) is 17.6 Å². The fourth-order valence-electron chi connectivity index (χ4n) is 1.22. The molecule has 0 saturated heterocycles. The third-order valence-electron chi connectivity index (χ3n) is 1.88. The first-order valence-electron chi connectivity index (χ1n) is 5.27. The molecule has 0 aliphatic rings. The van der Waals surface area contributed by atoms with Crippen LogP contribution in [0.5, 0.6) is 0 Å². The van der Waals surface area contributed by atoms with Crippen molar-refractivity contribution in [2.24, 2.45) is 0 Å². The summed E-state index contributed by atoms with van der Waals surface area (Å²) in [7, 11) is 1.65. The second kappa shape index (κ2) is 8.81. The van der Waals surface area contributed by atoms with Gasteiger partial charge in [-0.3, -0.25) is 0 Å². The maximum absolute atomic E-state index is 11.3. The molecule has 0 spiro atoms. The number of hydrogen-bond acceptors (Lipinski definition) is 2. The Morgan fingerprint density at radius 3 is 2.57 bits per heavy atom. The van der Waals surface area contributed by atoms with Crippen LogP contribution in [0, 0.1) is 0 Å². The Balaban J connectivity index is 3.71. The van der Waals surface area contributed by atoms with Gasteiger partial charge in [-0.05, 0) is 12.8 Å². The van der Waals surface area contributed by atoms with Crippen LogP contribution in [0.2, 0.25) is 0 Å². The third kappa shape index (κ3) is 6.71. The Morgan fingerprint density at radius 2 is 2.07 bits per heavy atom. The molecule has 4 nitrogen and oxygen atoms in total. The molecule has 0 aromatic carbocycles. The van der Waals surface area contributed by atoms with Crippen molar-refractivity contribution < 1.29 is 9.53 Å².